The summed E-state index contributed by atoms with van der Waals surface area (Å²) in [6, 6.07) is 2.16. The Kier molecular flexibility index (Phi) is 4.46. The van der Waals surface area contributed by atoms with Gasteiger partial charge in [-0.05, 0) is 18.5 Å². The van der Waals surface area contributed by atoms with E-state index in [1.165, 1.54) is 0 Å². The molecule has 1 aromatic rings. The van der Waals surface area contributed by atoms with Crippen LogP contribution in [0.15, 0.2) is 0 Å². The summed E-state index contributed by atoms with van der Waals surface area (Å²) in [6.45, 7) is 2.38. The van der Waals surface area contributed by atoms with Crippen LogP contribution in [0.5, 0.6) is 0 Å². The monoisotopic (exact) mass is 254 g/mol. The lowest BCUT2D eigenvalue weighted by molar-refractivity contribution is 0.699. The Morgan fingerprint density at radius 3 is 2.35 bits per heavy atom. The minimum absolute atomic E-state index is 0.0988. The molecule has 0 aliphatic rings. The number of nitrogens with zero attached hydrogens (tertiary/aromatic N) is 6. The number of hydrogen-bond acceptors (Lipinski definition) is 6. The summed E-state index contributed by atoms with van der Waals surface area (Å²) in [6.07, 6.45) is 0. The van der Waals surface area contributed by atoms with Crippen LogP contribution in [-0.4, -0.2) is 42.6 Å². The van der Waals surface area contributed by atoms with E-state index >= 15 is 0 Å². The highest BCUT2D eigenvalue weighted by atomic mass is 35.5. The molecule has 92 valence electrons. The van der Waals surface area contributed by atoms with Crippen LogP contribution in [0.25, 0.3) is 0 Å². The summed E-state index contributed by atoms with van der Waals surface area (Å²) in [4.78, 5) is 15.8. The van der Waals surface area contributed by atoms with Crippen molar-refractivity contribution in [3.63, 3.8) is 0 Å². The minimum Gasteiger partial charge on any atom is -0.347 e. The highest BCUT2D eigenvalue weighted by Crippen LogP contribution is 2.14. The van der Waals surface area contributed by atoms with Gasteiger partial charge in [-0.1, -0.05) is 0 Å². The van der Waals surface area contributed by atoms with Crippen molar-refractivity contribution in [2.24, 2.45) is 5.92 Å². The first-order valence-electron chi connectivity index (χ1n) is 5.13. The molecule has 0 radical (unpaired) electrons. The smallest absolute Gasteiger partial charge is 0.231 e. The van der Waals surface area contributed by atoms with Crippen LogP contribution >= 0.6 is 11.6 Å². The lowest BCUT2D eigenvalue weighted by Gasteiger charge is -2.19. The maximum atomic E-state index is 8.76. The molecule has 0 spiro atoms. The minimum atomic E-state index is -0.0988. The molecule has 0 amide bonds. The fraction of sp³-hybridized carbons (Fsp3) is 0.600. The molecule has 1 atom stereocenters. The summed E-state index contributed by atoms with van der Waals surface area (Å²) >= 11 is 5.83. The van der Waals surface area contributed by atoms with E-state index in [0.29, 0.717) is 18.4 Å². The van der Waals surface area contributed by atoms with Crippen LogP contribution in [-0.2, 0) is 0 Å². The van der Waals surface area contributed by atoms with Gasteiger partial charge in [-0.15, -0.1) is 0 Å². The van der Waals surface area contributed by atoms with Gasteiger partial charge >= 0.3 is 0 Å². The van der Waals surface area contributed by atoms with Gasteiger partial charge in [-0.2, -0.15) is 20.2 Å². The van der Waals surface area contributed by atoms with Gasteiger partial charge in [0.15, 0.2) is 0 Å². The van der Waals surface area contributed by atoms with E-state index in [1.54, 1.807) is 9.80 Å². The van der Waals surface area contributed by atoms with Gasteiger partial charge in [0.25, 0.3) is 0 Å². The van der Waals surface area contributed by atoms with Gasteiger partial charge < -0.3 is 9.80 Å². The molecule has 0 N–H and O–H groups in total. The largest absolute Gasteiger partial charge is 0.347 e. The quantitative estimate of drug-likeness (QED) is 0.804. The van der Waals surface area contributed by atoms with Crippen LogP contribution in [0.4, 0.5) is 11.9 Å². The van der Waals surface area contributed by atoms with E-state index in [4.69, 9.17) is 16.9 Å². The summed E-state index contributed by atoms with van der Waals surface area (Å²) < 4.78 is 0. The van der Waals surface area contributed by atoms with Gasteiger partial charge in [0, 0.05) is 27.7 Å². The highest BCUT2D eigenvalue weighted by molar-refractivity contribution is 6.28. The second kappa shape index (κ2) is 5.64. The van der Waals surface area contributed by atoms with Gasteiger partial charge in [0.1, 0.15) is 0 Å². The number of nitriles is 1. The molecule has 0 aliphatic carbocycles. The van der Waals surface area contributed by atoms with Gasteiger partial charge in [-0.25, -0.2) is 0 Å². The zero-order valence-corrected chi connectivity index (χ0v) is 11.1. The molecule has 0 saturated heterocycles. The van der Waals surface area contributed by atoms with E-state index in [-0.39, 0.29) is 11.2 Å². The van der Waals surface area contributed by atoms with E-state index in [0.717, 1.165) is 0 Å². The van der Waals surface area contributed by atoms with Crippen molar-refractivity contribution < 1.29 is 0 Å². The fourth-order valence-electron chi connectivity index (χ4n) is 1.23. The van der Waals surface area contributed by atoms with E-state index < -0.39 is 0 Å². The molecule has 6 nitrogen and oxygen atoms in total. The van der Waals surface area contributed by atoms with Crippen LogP contribution in [0.2, 0.25) is 5.28 Å². The molecular formula is C10H15ClN6. The van der Waals surface area contributed by atoms with Crippen molar-refractivity contribution in [1.29, 1.82) is 5.26 Å². The molecule has 1 heterocycles. The molecule has 0 aromatic carbocycles. The number of halogens is 1. The van der Waals surface area contributed by atoms with Crippen LogP contribution in [0.1, 0.15) is 6.92 Å². The van der Waals surface area contributed by atoms with Crippen molar-refractivity contribution in [3.05, 3.63) is 5.28 Å². The Labute approximate surface area is 106 Å². The molecule has 1 unspecified atom stereocenters. The van der Waals surface area contributed by atoms with Crippen LogP contribution in [0, 0.1) is 17.2 Å². The topological polar surface area (TPSA) is 68.9 Å². The maximum Gasteiger partial charge on any atom is 0.231 e. The zero-order chi connectivity index (χ0) is 13.0. The molecule has 0 saturated carbocycles. The lowest BCUT2D eigenvalue weighted by Crippen LogP contribution is -2.26. The standard InChI is InChI=1S/C10H15ClN6/c1-7(5-12)6-17(4)10-14-8(11)13-9(15-10)16(2)3/h7H,6H2,1-4H3. The van der Waals surface area contributed by atoms with Crippen molar-refractivity contribution in [3.8, 4) is 6.07 Å². The number of rotatable bonds is 4. The Morgan fingerprint density at radius 1 is 1.24 bits per heavy atom. The first-order chi connectivity index (χ1) is 7.93. The third kappa shape index (κ3) is 3.71. The van der Waals surface area contributed by atoms with Crippen molar-refractivity contribution in [2.75, 3.05) is 37.5 Å². The summed E-state index contributed by atoms with van der Waals surface area (Å²) in [5.41, 5.74) is 0. The maximum absolute atomic E-state index is 8.76. The second-order valence-electron chi connectivity index (χ2n) is 4.01. The van der Waals surface area contributed by atoms with Gasteiger partial charge in [0.05, 0.1) is 12.0 Å². The predicted octanol–water partition coefficient (Wildman–Crippen LogP) is 1.19. The second-order valence-corrected chi connectivity index (χ2v) is 4.35. The summed E-state index contributed by atoms with van der Waals surface area (Å²) in [5, 5.41) is 8.91. The molecule has 17 heavy (non-hydrogen) atoms. The summed E-state index contributed by atoms with van der Waals surface area (Å²) in [5.74, 6) is 0.866. The molecule has 1 aromatic heterocycles. The van der Waals surface area contributed by atoms with Gasteiger partial charge in [-0.3, -0.25) is 0 Å². The average molecular weight is 255 g/mol. The van der Waals surface area contributed by atoms with E-state index in [2.05, 4.69) is 21.0 Å². The number of hydrogen-bond donors (Lipinski definition) is 0. The van der Waals surface area contributed by atoms with Crippen LogP contribution in [0.3, 0.4) is 0 Å². The van der Waals surface area contributed by atoms with E-state index in [9.17, 15) is 0 Å². The highest BCUT2D eigenvalue weighted by Gasteiger charge is 2.12. The predicted molar refractivity (Wildman–Crippen MR) is 67.2 cm³/mol. The molecule has 7 heteroatoms. The third-order valence-electron chi connectivity index (χ3n) is 2.09. The fourth-order valence-corrected chi connectivity index (χ4v) is 1.38. The molecular weight excluding hydrogens is 240 g/mol. The Balaban J connectivity index is 2.94. The van der Waals surface area contributed by atoms with Gasteiger partial charge in [0.2, 0.25) is 17.2 Å². The normalized spacial score (nSPS) is 11.8. The van der Waals surface area contributed by atoms with Crippen molar-refractivity contribution >= 4 is 23.5 Å². The zero-order valence-electron chi connectivity index (χ0n) is 10.3. The van der Waals surface area contributed by atoms with Crippen LogP contribution < -0.4 is 9.80 Å². The first kappa shape index (κ1) is 13.5. The number of anilines is 2. The van der Waals surface area contributed by atoms with Crippen molar-refractivity contribution in [2.45, 2.75) is 6.92 Å². The van der Waals surface area contributed by atoms with E-state index in [1.807, 2.05) is 28.1 Å². The Hall–Kier alpha value is -1.61. The van der Waals surface area contributed by atoms with Crippen molar-refractivity contribution in [1.82, 2.24) is 15.0 Å². The molecule has 1 rings (SSSR count). The third-order valence-corrected chi connectivity index (χ3v) is 2.26. The molecule has 0 bridgehead atoms. The SMILES string of the molecule is CC(C#N)CN(C)c1nc(Cl)nc(N(C)C)n1. The molecule has 0 aliphatic heterocycles. The summed E-state index contributed by atoms with van der Waals surface area (Å²) in [7, 11) is 5.47. The average Bonchev–Trinajstić information content (AvgIpc) is 2.27. The molecule has 0 fully saturated rings. The lowest BCUT2D eigenvalue weighted by atomic mass is 10.2. The Bertz CT molecular complexity index is 427. The first-order valence-corrected chi connectivity index (χ1v) is 5.51. The Morgan fingerprint density at radius 2 is 1.82 bits per heavy atom. The number of aromatic nitrogens is 3.